The van der Waals surface area contributed by atoms with E-state index in [0.29, 0.717) is 5.25 Å². The lowest BCUT2D eigenvalue weighted by Crippen LogP contribution is -2.51. The molecular formula is C14H29NO2S. The molecule has 2 unspecified atom stereocenters. The van der Waals surface area contributed by atoms with Gasteiger partial charge in [0.1, 0.15) is 5.54 Å². The maximum absolute atomic E-state index is 11.8. The lowest BCUT2D eigenvalue weighted by atomic mass is 9.96. The molecule has 4 heteroatoms. The molecule has 0 aliphatic heterocycles. The second kappa shape index (κ2) is 9.68. The summed E-state index contributed by atoms with van der Waals surface area (Å²) in [4.78, 5) is 11.8. The molecule has 2 atom stereocenters. The number of thioether (sulfide) groups is 1. The summed E-state index contributed by atoms with van der Waals surface area (Å²) in [5.41, 5.74) is -0.555. The minimum atomic E-state index is -0.555. The SMILES string of the molecule is CCCCCSC(C)CC(C)(NCC)C(=O)OC. The van der Waals surface area contributed by atoms with Crippen molar-refractivity contribution < 1.29 is 9.53 Å². The predicted octanol–water partition coefficient (Wildman–Crippen LogP) is 3.23. The minimum Gasteiger partial charge on any atom is -0.468 e. The van der Waals surface area contributed by atoms with Crippen molar-refractivity contribution in [3.8, 4) is 0 Å². The molecular weight excluding hydrogens is 246 g/mol. The Bertz CT molecular complexity index is 236. The highest BCUT2D eigenvalue weighted by Crippen LogP contribution is 2.24. The molecule has 0 radical (unpaired) electrons. The highest BCUT2D eigenvalue weighted by atomic mass is 32.2. The fourth-order valence-electron chi connectivity index (χ4n) is 2.11. The molecule has 3 nitrogen and oxygen atoms in total. The van der Waals surface area contributed by atoms with Crippen LogP contribution in [0.5, 0.6) is 0 Å². The van der Waals surface area contributed by atoms with Crippen molar-refractivity contribution >= 4 is 17.7 Å². The standard InChI is InChI=1S/C14H29NO2S/c1-6-8-9-10-18-12(3)11-14(4,15-7-2)13(16)17-5/h12,15H,6-11H2,1-5H3. The largest absolute Gasteiger partial charge is 0.468 e. The summed E-state index contributed by atoms with van der Waals surface area (Å²) in [5, 5.41) is 3.72. The molecule has 18 heavy (non-hydrogen) atoms. The van der Waals surface area contributed by atoms with E-state index >= 15 is 0 Å². The molecule has 0 amide bonds. The molecule has 108 valence electrons. The highest BCUT2D eigenvalue weighted by molar-refractivity contribution is 7.99. The lowest BCUT2D eigenvalue weighted by molar-refractivity contribution is -0.148. The zero-order valence-electron chi connectivity index (χ0n) is 12.5. The quantitative estimate of drug-likeness (QED) is 0.491. The number of carbonyl (C=O) groups is 1. The molecule has 0 aliphatic carbocycles. The van der Waals surface area contributed by atoms with Gasteiger partial charge in [-0.05, 0) is 32.1 Å². The number of hydrogen-bond donors (Lipinski definition) is 1. The second-order valence-electron chi connectivity index (χ2n) is 4.95. The first kappa shape index (κ1) is 17.8. The average Bonchev–Trinajstić information content (AvgIpc) is 2.33. The Kier molecular flexibility index (Phi) is 9.56. The lowest BCUT2D eigenvalue weighted by Gasteiger charge is -2.30. The van der Waals surface area contributed by atoms with Gasteiger partial charge in [-0.2, -0.15) is 11.8 Å². The summed E-state index contributed by atoms with van der Waals surface area (Å²) in [6.07, 6.45) is 4.62. The van der Waals surface area contributed by atoms with E-state index < -0.39 is 5.54 Å². The van der Waals surface area contributed by atoms with Crippen LogP contribution in [0.3, 0.4) is 0 Å². The molecule has 0 aromatic heterocycles. The van der Waals surface area contributed by atoms with Gasteiger partial charge in [0.15, 0.2) is 0 Å². The van der Waals surface area contributed by atoms with E-state index in [1.54, 1.807) is 0 Å². The minimum absolute atomic E-state index is 0.162. The average molecular weight is 275 g/mol. The van der Waals surface area contributed by atoms with Gasteiger partial charge in [-0.25, -0.2) is 0 Å². The smallest absolute Gasteiger partial charge is 0.325 e. The molecule has 0 aliphatic rings. The molecule has 1 N–H and O–H groups in total. The summed E-state index contributed by atoms with van der Waals surface area (Å²) in [6.45, 7) is 9.13. The third-order valence-electron chi connectivity index (χ3n) is 3.05. The summed E-state index contributed by atoms with van der Waals surface area (Å²) in [7, 11) is 1.46. The maximum atomic E-state index is 11.8. The van der Waals surface area contributed by atoms with E-state index in [9.17, 15) is 4.79 Å². The van der Waals surface area contributed by atoms with Crippen molar-refractivity contribution in [2.45, 2.75) is 64.2 Å². The third-order valence-corrected chi connectivity index (χ3v) is 4.31. The van der Waals surface area contributed by atoms with Crippen LogP contribution in [0.1, 0.15) is 53.4 Å². The van der Waals surface area contributed by atoms with Crippen LogP contribution in [-0.2, 0) is 9.53 Å². The van der Waals surface area contributed by atoms with Gasteiger partial charge in [0.2, 0.25) is 0 Å². The fourth-order valence-corrected chi connectivity index (χ4v) is 3.34. The summed E-state index contributed by atoms with van der Waals surface area (Å²) in [6, 6.07) is 0. The molecule has 0 aromatic rings. The normalized spacial score (nSPS) is 16.1. The van der Waals surface area contributed by atoms with Gasteiger partial charge in [0, 0.05) is 5.25 Å². The van der Waals surface area contributed by atoms with Gasteiger partial charge < -0.3 is 10.1 Å². The van der Waals surface area contributed by atoms with E-state index in [2.05, 4.69) is 19.2 Å². The highest BCUT2D eigenvalue weighted by Gasteiger charge is 2.34. The van der Waals surface area contributed by atoms with Crippen molar-refractivity contribution in [2.75, 3.05) is 19.4 Å². The van der Waals surface area contributed by atoms with Crippen molar-refractivity contribution in [3.63, 3.8) is 0 Å². The topological polar surface area (TPSA) is 38.3 Å². The van der Waals surface area contributed by atoms with Gasteiger partial charge >= 0.3 is 5.97 Å². The van der Waals surface area contributed by atoms with E-state index in [1.165, 1.54) is 32.1 Å². The molecule has 0 heterocycles. The number of rotatable bonds is 10. The summed E-state index contributed by atoms with van der Waals surface area (Å²) >= 11 is 1.95. The first-order valence-corrected chi connectivity index (χ1v) is 8.00. The number of unbranched alkanes of at least 4 members (excludes halogenated alkanes) is 2. The maximum Gasteiger partial charge on any atom is 0.325 e. The number of methoxy groups -OCH3 is 1. The van der Waals surface area contributed by atoms with Crippen LogP contribution in [0.4, 0.5) is 0 Å². The van der Waals surface area contributed by atoms with Crippen LogP contribution < -0.4 is 5.32 Å². The number of carbonyl (C=O) groups excluding carboxylic acids is 1. The van der Waals surface area contributed by atoms with E-state index in [4.69, 9.17) is 4.74 Å². The Morgan fingerprint density at radius 1 is 1.39 bits per heavy atom. The zero-order chi connectivity index (χ0) is 14.0. The molecule has 0 saturated heterocycles. The molecule has 0 rings (SSSR count). The fraction of sp³-hybridized carbons (Fsp3) is 0.929. The van der Waals surface area contributed by atoms with Crippen LogP contribution >= 0.6 is 11.8 Å². The molecule has 0 saturated carbocycles. The first-order valence-electron chi connectivity index (χ1n) is 6.95. The van der Waals surface area contributed by atoms with Crippen LogP contribution in [0.15, 0.2) is 0 Å². The van der Waals surface area contributed by atoms with Gasteiger partial charge in [0.25, 0.3) is 0 Å². The van der Waals surface area contributed by atoms with Crippen LogP contribution in [0, 0.1) is 0 Å². The molecule has 0 spiro atoms. The third kappa shape index (κ3) is 6.64. The van der Waals surface area contributed by atoms with Gasteiger partial charge in [-0.3, -0.25) is 4.79 Å². The van der Waals surface area contributed by atoms with Crippen molar-refractivity contribution in [1.29, 1.82) is 0 Å². The van der Waals surface area contributed by atoms with Crippen LogP contribution in [-0.4, -0.2) is 36.2 Å². The second-order valence-corrected chi connectivity index (χ2v) is 6.49. The summed E-state index contributed by atoms with van der Waals surface area (Å²) in [5.74, 6) is 1.02. The number of esters is 1. The number of ether oxygens (including phenoxy) is 1. The Hall–Kier alpha value is -0.220. The van der Waals surface area contributed by atoms with Gasteiger partial charge in [-0.15, -0.1) is 0 Å². The summed E-state index contributed by atoms with van der Waals surface area (Å²) < 4.78 is 4.90. The predicted molar refractivity (Wildman–Crippen MR) is 80.2 cm³/mol. The molecule has 0 aromatic carbocycles. The Morgan fingerprint density at radius 2 is 2.06 bits per heavy atom. The number of likely N-dealkylation sites (N-methyl/N-ethyl adjacent to an activating group) is 1. The monoisotopic (exact) mass is 275 g/mol. The van der Waals surface area contributed by atoms with Crippen LogP contribution in [0.25, 0.3) is 0 Å². The van der Waals surface area contributed by atoms with Crippen molar-refractivity contribution in [2.24, 2.45) is 0 Å². The number of nitrogens with one attached hydrogen (secondary N) is 1. The van der Waals surface area contributed by atoms with Crippen LogP contribution in [0.2, 0.25) is 0 Å². The molecule has 0 fully saturated rings. The van der Waals surface area contributed by atoms with E-state index in [-0.39, 0.29) is 5.97 Å². The van der Waals surface area contributed by atoms with Crippen molar-refractivity contribution in [1.82, 2.24) is 5.32 Å². The first-order chi connectivity index (χ1) is 8.50. The van der Waals surface area contributed by atoms with Crippen molar-refractivity contribution in [3.05, 3.63) is 0 Å². The zero-order valence-corrected chi connectivity index (χ0v) is 13.4. The number of hydrogen-bond acceptors (Lipinski definition) is 4. The molecule has 0 bridgehead atoms. The Balaban J connectivity index is 4.18. The van der Waals surface area contributed by atoms with Gasteiger partial charge in [0.05, 0.1) is 7.11 Å². The van der Waals surface area contributed by atoms with Gasteiger partial charge in [-0.1, -0.05) is 33.6 Å². The van der Waals surface area contributed by atoms with E-state index in [0.717, 1.165) is 13.0 Å². The van der Waals surface area contributed by atoms with E-state index in [1.807, 2.05) is 25.6 Å². The Labute approximate surface area is 116 Å². The Morgan fingerprint density at radius 3 is 2.56 bits per heavy atom.